The molecule has 1 fully saturated rings. The fourth-order valence-corrected chi connectivity index (χ4v) is 4.51. The standard InChI is InChI=1S/C28H25NO8/c1-4-35-19-9-7-18(8-10-19)29-25(16-5-11-20(33-2)22(13-16)34-3)24(27(31)28(29)32)26(30)17-6-12-21-23(14-17)37-15-36-21/h5-14,25,30H,4,15H2,1-3H3/b26-24+. The molecule has 0 aliphatic carbocycles. The van der Waals surface area contributed by atoms with Gasteiger partial charge in [0.15, 0.2) is 23.0 Å². The minimum absolute atomic E-state index is 0.0628. The number of Topliss-reactive ketones (excluding diaryl/α,β-unsaturated/α-hetero) is 1. The topological polar surface area (TPSA) is 104 Å². The van der Waals surface area contributed by atoms with E-state index >= 15 is 0 Å². The summed E-state index contributed by atoms with van der Waals surface area (Å²) in [6, 6.07) is 15.8. The van der Waals surface area contributed by atoms with E-state index in [4.69, 9.17) is 23.7 Å². The number of anilines is 1. The van der Waals surface area contributed by atoms with E-state index < -0.39 is 17.7 Å². The van der Waals surface area contributed by atoms with Crippen LogP contribution in [0, 0.1) is 0 Å². The van der Waals surface area contributed by atoms with E-state index in [1.54, 1.807) is 60.7 Å². The monoisotopic (exact) mass is 503 g/mol. The summed E-state index contributed by atoms with van der Waals surface area (Å²) in [5, 5.41) is 11.4. The van der Waals surface area contributed by atoms with Crippen LogP contribution in [0.25, 0.3) is 5.76 Å². The molecule has 1 unspecified atom stereocenters. The van der Waals surface area contributed by atoms with Crippen molar-refractivity contribution in [3.8, 4) is 28.7 Å². The fourth-order valence-electron chi connectivity index (χ4n) is 4.51. The Balaban J connectivity index is 1.68. The SMILES string of the molecule is CCOc1ccc(N2C(=O)C(=O)/C(=C(/O)c3ccc4c(c3)OCO4)C2c2ccc(OC)c(OC)c2)cc1. The van der Waals surface area contributed by atoms with Gasteiger partial charge in [0, 0.05) is 11.3 Å². The number of ketones is 1. The highest BCUT2D eigenvalue weighted by atomic mass is 16.7. The smallest absolute Gasteiger partial charge is 0.300 e. The van der Waals surface area contributed by atoms with Crippen molar-refractivity contribution in [1.29, 1.82) is 0 Å². The Kier molecular flexibility index (Phi) is 6.35. The zero-order valence-electron chi connectivity index (χ0n) is 20.5. The number of benzene rings is 3. The molecular weight excluding hydrogens is 478 g/mol. The number of hydrogen-bond acceptors (Lipinski definition) is 8. The van der Waals surface area contributed by atoms with Crippen LogP contribution in [0.3, 0.4) is 0 Å². The summed E-state index contributed by atoms with van der Waals surface area (Å²) in [6.45, 7) is 2.43. The number of ether oxygens (including phenoxy) is 5. The van der Waals surface area contributed by atoms with Gasteiger partial charge in [0.05, 0.1) is 32.4 Å². The number of aliphatic hydroxyl groups excluding tert-OH is 1. The average Bonchev–Trinajstić information content (AvgIpc) is 3.50. The van der Waals surface area contributed by atoms with Crippen LogP contribution in [0.4, 0.5) is 5.69 Å². The molecule has 1 N–H and O–H groups in total. The van der Waals surface area contributed by atoms with Crippen molar-refractivity contribution in [2.75, 3.05) is 32.5 Å². The second-order valence-electron chi connectivity index (χ2n) is 8.28. The zero-order chi connectivity index (χ0) is 26.1. The molecule has 2 aliphatic rings. The summed E-state index contributed by atoms with van der Waals surface area (Å²) >= 11 is 0. The van der Waals surface area contributed by atoms with Gasteiger partial charge in [0.25, 0.3) is 11.7 Å². The van der Waals surface area contributed by atoms with Crippen molar-refractivity contribution in [3.63, 3.8) is 0 Å². The first-order chi connectivity index (χ1) is 18.0. The lowest BCUT2D eigenvalue weighted by molar-refractivity contribution is -0.132. The third-order valence-corrected chi connectivity index (χ3v) is 6.24. The predicted octanol–water partition coefficient (Wildman–Crippen LogP) is 4.46. The van der Waals surface area contributed by atoms with E-state index in [0.717, 1.165) is 0 Å². The molecular formula is C28H25NO8. The van der Waals surface area contributed by atoms with Crippen molar-refractivity contribution < 1.29 is 38.4 Å². The third kappa shape index (κ3) is 4.18. The van der Waals surface area contributed by atoms with E-state index in [1.165, 1.54) is 19.1 Å². The lowest BCUT2D eigenvalue weighted by Gasteiger charge is -2.26. The second kappa shape index (κ2) is 9.77. The molecule has 3 aromatic carbocycles. The van der Waals surface area contributed by atoms with Crippen LogP contribution in [0.2, 0.25) is 0 Å². The molecule has 0 bridgehead atoms. The molecule has 0 spiro atoms. The summed E-state index contributed by atoms with van der Waals surface area (Å²) in [5.74, 6) is 0.585. The molecule has 0 aromatic heterocycles. The Morgan fingerprint density at radius 2 is 1.68 bits per heavy atom. The van der Waals surface area contributed by atoms with E-state index in [2.05, 4.69) is 0 Å². The van der Waals surface area contributed by atoms with Crippen molar-refractivity contribution in [2.45, 2.75) is 13.0 Å². The molecule has 0 saturated carbocycles. The summed E-state index contributed by atoms with van der Waals surface area (Å²) in [7, 11) is 3.01. The maximum Gasteiger partial charge on any atom is 0.300 e. The van der Waals surface area contributed by atoms with Crippen LogP contribution < -0.4 is 28.6 Å². The Labute approximate surface area is 213 Å². The van der Waals surface area contributed by atoms with Gasteiger partial charge in [0.1, 0.15) is 11.5 Å². The molecule has 37 heavy (non-hydrogen) atoms. The molecule has 2 heterocycles. The fraction of sp³-hybridized carbons (Fsp3) is 0.214. The number of nitrogens with zero attached hydrogens (tertiary/aromatic N) is 1. The Bertz CT molecular complexity index is 1400. The molecule has 3 aromatic rings. The lowest BCUT2D eigenvalue weighted by Crippen LogP contribution is -2.29. The van der Waals surface area contributed by atoms with Crippen LogP contribution in [0.15, 0.2) is 66.2 Å². The first kappa shape index (κ1) is 24.1. The van der Waals surface area contributed by atoms with Crippen molar-refractivity contribution >= 4 is 23.1 Å². The minimum Gasteiger partial charge on any atom is -0.507 e. The molecule has 9 nitrogen and oxygen atoms in total. The Morgan fingerprint density at radius 3 is 2.38 bits per heavy atom. The predicted molar refractivity (Wildman–Crippen MR) is 135 cm³/mol. The lowest BCUT2D eigenvalue weighted by atomic mass is 9.94. The molecule has 1 amide bonds. The molecule has 5 rings (SSSR count). The summed E-state index contributed by atoms with van der Waals surface area (Å²) < 4.78 is 27.1. The van der Waals surface area contributed by atoms with Crippen molar-refractivity contribution in [2.24, 2.45) is 0 Å². The Morgan fingerprint density at radius 1 is 0.946 bits per heavy atom. The number of rotatable bonds is 7. The van der Waals surface area contributed by atoms with E-state index in [9.17, 15) is 14.7 Å². The van der Waals surface area contributed by atoms with Gasteiger partial charge < -0.3 is 28.8 Å². The van der Waals surface area contributed by atoms with Crippen LogP contribution in [-0.4, -0.2) is 44.4 Å². The number of fused-ring (bicyclic) bond motifs is 1. The van der Waals surface area contributed by atoms with Gasteiger partial charge in [-0.2, -0.15) is 0 Å². The van der Waals surface area contributed by atoms with Gasteiger partial charge in [-0.3, -0.25) is 14.5 Å². The van der Waals surface area contributed by atoms with Gasteiger partial charge in [-0.05, 0) is 67.1 Å². The van der Waals surface area contributed by atoms with E-state index in [0.29, 0.717) is 52.2 Å². The van der Waals surface area contributed by atoms with Crippen LogP contribution in [0.1, 0.15) is 24.1 Å². The van der Waals surface area contributed by atoms with Crippen LogP contribution in [0.5, 0.6) is 28.7 Å². The zero-order valence-corrected chi connectivity index (χ0v) is 20.5. The van der Waals surface area contributed by atoms with E-state index in [-0.39, 0.29) is 18.1 Å². The molecule has 9 heteroatoms. The second-order valence-corrected chi connectivity index (χ2v) is 8.28. The van der Waals surface area contributed by atoms with Crippen molar-refractivity contribution in [1.82, 2.24) is 0 Å². The average molecular weight is 504 g/mol. The van der Waals surface area contributed by atoms with Gasteiger partial charge >= 0.3 is 0 Å². The number of carbonyl (C=O) groups excluding carboxylic acids is 2. The van der Waals surface area contributed by atoms with Gasteiger partial charge in [-0.15, -0.1) is 0 Å². The normalized spacial score (nSPS) is 17.7. The molecule has 1 atom stereocenters. The maximum atomic E-state index is 13.4. The highest BCUT2D eigenvalue weighted by molar-refractivity contribution is 6.51. The Hall–Kier alpha value is -4.66. The minimum atomic E-state index is -0.942. The highest BCUT2D eigenvalue weighted by Crippen LogP contribution is 2.45. The first-order valence-corrected chi connectivity index (χ1v) is 11.6. The van der Waals surface area contributed by atoms with Gasteiger partial charge in [-0.25, -0.2) is 0 Å². The summed E-state index contributed by atoms with van der Waals surface area (Å²) in [6.07, 6.45) is 0. The molecule has 1 saturated heterocycles. The van der Waals surface area contributed by atoms with Gasteiger partial charge in [0.2, 0.25) is 6.79 Å². The van der Waals surface area contributed by atoms with E-state index in [1.807, 2.05) is 6.92 Å². The quantitative estimate of drug-likeness (QED) is 0.286. The number of hydrogen-bond donors (Lipinski definition) is 1. The summed E-state index contributed by atoms with van der Waals surface area (Å²) in [4.78, 5) is 28.2. The van der Waals surface area contributed by atoms with Crippen molar-refractivity contribution in [3.05, 3.63) is 77.4 Å². The number of methoxy groups -OCH3 is 2. The molecule has 0 radical (unpaired) electrons. The van der Waals surface area contributed by atoms with Crippen LogP contribution in [-0.2, 0) is 9.59 Å². The largest absolute Gasteiger partial charge is 0.507 e. The number of carbonyl (C=O) groups is 2. The third-order valence-electron chi connectivity index (χ3n) is 6.24. The highest BCUT2D eigenvalue weighted by Gasteiger charge is 2.47. The maximum absolute atomic E-state index is 13.4. The number of aliphatic hydroxyl groups is 1. The number of amides is 1. The van der Waals surface area contributed by atoms with Gasteiger partial charge in [-0.1, -0.05) is 6.07 Å². The van der Waals surface area contributed by atoms with Crippen LogP contribution >= 0.6 is 0 Å². The summed E-state index contributed by atoms with van der Waals surface area (Å²) in [5.41, 5.74) is 1.27. The first-order valence-electron chi connectivity index (χ1n) is 11.6. The molecule has 190 valence electrons. The molecule has 2 aliphatic heterocycles.